The lowest BCUT2D eigenvalue weighted by Gasteiger charge is -2.15. The number of carboxylic acids is 1. The quantitative estimate of drug-likeness (QED) is 0.710. The third-order valence-electron chi connectivity index (χ3n) is 2.46. The highest BCUT2D eigenvalue weighted by molar-refractivity contribution is 7.09. The second-order valence-electron chi connectivity index (χ2n) is 4.22. The van der Waals surface area contributed by atoms with Crippen molar-refractivity contribution in [3.8, 4) is 0 Å². The van der Waals surface area contributed by atoms with Crippen LogP contribution in [0, 0.1) is 0 Å². The number of amides is 2. The average molecular weight is 301 g/mol. The summed E-state index contributed by atoms with van der Waals surface area (Å²) < 4.78 is 5.29. The van der Waals surface area contributed by atoms with Crippen LogP contribution in [-0.2, 0) is 4.74 Å². The van der Waals surface area contributed by atoms with Gasteiger partial charge < -0.3 is 20.5 Å². The summed E-state index contributed by atoms with van der Waals surface area (Å²) in [5.74, 6) is -1.07. The van der Waals surface area contributed by atoms with Crippen LogP contribution in [0.1, 0.15) is 42.3 Å². The molecule has 0 saturated heterocycles. The van der Waals surface area contributed by atoms with Crippen LogP contribution >= 0.6 is 11.3 Å². The number of aromatic carboxylic acids is 1. The molecule has 2 amide bonds. The summed E-state index contributed by atoms with van der Waals surface area (Å²) in [6, 6.07) is -0.688. The number of hydrogen-bond donors (Lipinski definition) is 3. The Kier molecular flexibility index (Phi) is 6.40. The van der Waals surface area contributed by atoms with E-state index in [-0.39, 0.29) is 23.9 Å². The maximum Gasteiger partial charge on any atom is 0.355 e. The molecule has 1 aromatic heterocycles. The molecule has 2 atom stereocenters. The summed E-state index contributed by atoms with van der Waals surface area (Å²) in [4.78, 5) is 26.3. The number of urea groups is 1. The molecule has 2 unspecified atom stereocenters. The van der Waals surface area contributed by atoms with E-state index in [0.29, 0.717) is 18.2 Å². The topological polar surface area (TPSA) is 101 Å². The lowest BCUT2D eigenvalue weighted by atomic mass is 10.3. The van der Waals surface area contributed by atoms with Gasteiger partial charge in [-0.05, 0) is 20.8 Å². The van der Waals surface area contributed by atoms with Gasteiger partial charge in [-0.1, -0.05) is 0 Å². The lowest BCUT2D eigenvalue weighted by molar-refractivity contribution is 0.0691. The molecule has 0 aliphatic rings. The monoisotopic (exact) mass is 301 g/mol. The Morgan fingerprint density at radius 2 is 2.20 bits per heavy atom. The van der Waals surface area contributed by atoms with Crippen molar-refractivity contribution in [3.63, 3.8) is 0 Å². The first-order valence-electron chi connectivity index (χ1n) is 6.28. The predicted octanol–water partition coefficient (Wildman–Crippen LogP) is 1.63. The highest BCUT2D eigenvalue weighted by atomic mass is 32.1. The number of carbonyl (C=O) groups is 2. The zero-order valence-electron chi connectivity index (χ0n) is 11.7. The highest BCUT2D eigenvalue weighted by Crippen LogP contribution is 2.17. The van der Waals surface area contributed by atoms with Crippen molar-refractivity contribution in [2.24, 2.45) is 0 Å². The van der Waals surface area contributed by atoms with Gasteiger partial charge in [0.25, 0.3) is 0 Å². The van der Waals surface area contributed by atoms with E-state index in [1.165, 1.54) is 16.7 Å². The molecule has 1 heterocycles. The van der Waals surface area contributed by atoms with Crippen LogP contribution in [0.15, 0.2) is 5.38 Å². The normalized spacial score (nSPS) is 13.6. The van der Waals surface area contributed by atoms with Crippen LogP contribution in [0.25, 0.3) is 0 Å². The van der Waals surface area contributed by atoms with Gasteiger partial charge >= 0.3 is 12.0 Å². The fourth-order valence-corrected chi connectivity index (χ4v) is 2.27. The van der Waals surface area contributed by atoms with Gasteiger partial charge in [-0.15, -0.1) is 11.3 Å². The molecule has 0 saturated carbocycles. The fourth-order valence-electron chi connectivity index (χ4n) is 1.47. The van der Waals surface area contributed by atoms with E-state index in [1.54, 1.807) is 6.92 Å². The molecule has 0 bridgehead atoms. The van der Waals surface area contributed by atoms with Crippen molar-refractivity contribution in [2.75, 3.05) is 13.2 Å². The molecule has 0 spiro atoms. The molecule has 0 radical (unpaired) electrons. The molecule has 7 nitrogen and oxygen atoms in total. The molecule has 20 heavy (non-hydrogen) atoms. The second-order valence-corrected chi connectivity index (χ2v) is 5.11. The maximum atomic E-state index is 11.7. The number of nitrogens with zero attached hydrogens (tertiary/aromatic N) is 1. The van der Waals surface area contributed by atoms with Gasteiger partial charge in [0.05, 0.1) is 12.1 Å². The molecular formula is C12H19N3O4S. The van der Waals surface area contributed by atoms with E-state index in [2.05, 4.69) is 15.6 Å². The van der Waals surface area contributed by atoms with Crippen molar-refractivity contribution in [1.29, 1.82) is 0 Å². The van der Waals surface area contributed by atoms with Gasteiger partial charge in [0, 0.05) is 18.5 Å². The van der Waals surface area contributed by atoms with Crippen molar-refractivity contribution < 1.29 is 19.4 Å². The SMILES string of the molecule is CCOC(C)CNC(=O)NC(C)c1nc(C(=O)O)cs1. The van der Waals surface area contributed by atoms with Crippen molar-refractivity contribution >= 4 is 23.3 Å². The Bertz CT molecular complexity index is 463. The molecular weight excluding hydrogens is 282 g/mol. The number of carbonyl (C=O) groups excluding carboxylic acids is 1. The van der Waals surface area contributed by atoms with Gasteiger partial charge in [0.2, 0.25) is 0 Å². The van der Waals surface area contributed by atoms with Crippen LogP contribution in [0.3, 0.4) is 0 Å². The summed E-state index contributed by atoms with van der Waals surface area (Å²) in [5, 5.41) is 16.2. The Morgan fingerprint density at radius 3 is 2.75 bits per heavy atom. The molecule has 0 fully saturated rings. The number of carboxylic acid groups (broad SMARTS) is 1. The van der Waals surface area contributed by atoms with E-state index in [1.807, 2.05) is 13.8 Å². The maximum absolute atomic E-state index is 11.7. The first-order chi connectivity index (χ1) is 9.43. The third-order valence-corrected chi connectivity index (χ3v) is 3.49. The van der Waals surface area contributed by atoms with Gasteiger partial charge in [-0.2, -0.15) is 0 Å². The van der Waals surface area contributed by atoms with E-state index in [9.17, 15) is 9.59 Å². The van der Waals surface area contributed by atoms with Crippen LogP contribution in [0.4, 0.5) is 4.79 Å². The van der Waals surface area contributed by atoms with E-state index in [0.717, 1.165) is 0 Å². The van der Waals surface area contributed by atoms with Crippen LogP contribution in [0.2, 0.25) is 0 Å². The summed E-state index contributed by atoms with van der Waals surface area (Å²) in [5.41, 5.74) is -0.0102. The van der Waals surface area contributed by atoms with Gasteiger partial charge in [-0.25, -0.2) is 14.6 Å². The van der Waals surface area contributed by atoms with Crippen molar-refractivity contribution in [3.05, 3.63) is 16.1 Å². The number of hydrogen-bond acceptors (Lipinski definition) is 5. The Labute approximate surface area is 121 Å². The minimum absolute atomic E-state index is 0.0102. The third kappa shape index (κ3) is 5.14. The van der Waals surface area contributed by atoms with Gasteiger partial charge in [0.1, 0.15) is 5.01 Å². The number of rotatable bonds is 7. The summed E-state index contributed by atoms with van der Waals surface area (Å²) in [6.45, 7) is 6.51. The zero-order valence-corrected chi connectivity index (χ0v) is 12.5. The predicted molar refractivity (Wildman–Crippen MR) is 75.1 cm³/mol. The van der Waals surface area contributed by atoms with Crippen LogP contribution in [-0.4, -0.2) is 41.3 Å². The Morgan fingerprint density at radius 1 is 1.50 bits per heavy atom. The zero-order chi connectivity index (χ0) is 15.1. The first-order valence-corrected chi connectivity index (χ1v) is 7.16. The number of aromatic nitrogens is 1. The number of ether oxygens (including phenoxy) is 1. The number of thiazole rings is 1. The lowest BCUT2D eigenvalue weighted by Crippen LogP contribution is -2.40. The molecule has 1 rings (SSSR count). The van der Waals surface area contributed by atoms with Crippen LogP contribution < -0.4 is 10.6 Å². The van der Waals surface area contributed by atoms with E-state index >= 15 is 0 Å². The van der Waals surface area contributed by atoms with E-state index in [4.69, 9.17) is 9.84 Å². The first kappa shape index (κ1) is 16.4. The smallest absolute Gasteiger partial charge is 0.355 e. The van der Waals surface area contributed by atoms with E-state index < -0.39 is 5.97 Å². The standard InChI is InChI=1S/C12H19N3O4S/c1-4-19-7(2)5-13-12(18)14-8(3)10-15-9(6-20-10)11(16)17/h6-8H,4-5H2,1-3H3,(H,16,17)(H2,13,14,18). The van der Waals surface area contributed by atoms with Crippen molar-refractivity contribution in [1.82, 2.24) is 15.6 Å². The second kappa shape index (κ2) is 7.81. The minimum Gasteiger partial charge on any atom is -0.476 e. The average Bonchev–Trinajstić information content (AvgIpc) is 2.86. The fraction of sp³-hybridized carbons (Fsp3) is 0.583. The Hall–Kier alpha value is -1.67. The molecule has 0 aliphatic heterocycles. The summed E-state index contributed by atoms with van der Waals surface area (Å²) in [7, 11) is 0. The minimum atomic E-state index is -1.07. The van der Waals surface area contributed by atoms with Gasteiger partial charge in [-0.3, -0.25) is 0 Å². The summed E-state index contributed by atoms with van der Waals surface area (Å²) in [6.07, 6.45) is -0.0560. The number of nitrogens with one attached hydrogen (secondary N) is 2. The largest absolute Gasteiger partial charge is 0.476 e. The molecule has 8 heteroatoms. The van der Waals surface area contributed by atoms with Crippen molar-refractivity contribution in [2.45, 2.75) is 32.9 Å². The highest BCUT2D eigenvalue weighted by Gasteiger charge is 2.16. The summed E-state index contributed by atoms with van der Waals surface area (Å²) >= 11 is 1.20. The molecule has 0 aromatic carbocycles. The molecule has 3 N–H and O–H groups in total. The molecule has 0 aliphatic carbocycles. The van der Waals surface area contributed by atoms with Crippen LogP contribution in [0.5, 0.6) is 0 Å². The molecule has 1 aromatic rings. The molecule has 112 valence electrons. The van der Waals surface area contributed by atoms with Gasteiger partial charge in [0.15, 0.2) is 5.69 Å². The Balaban J connectivity index is 2.42.